The lowest BCUT2D eigenvalue weighted by Gasteiger charge is -2.25. The van der Waals surface area contributed by atoms with E-state index >= 15 is 0 Å². The first-order chi connectivity index (χ1) is 5.68. The molecule has 0 aliphatic carbocycles. The van der Waals surface area contributed by atoms with Crippen LogP contribution in [0, 0.1) is 5.92 Å². The second-order valence-electron chi connectivity index (χ2n) is 3.26. The van der Waals surface area contributed by atoms with E-state index in [4.69, 9.17) is 9.84 Å². The summed E-state index contributed by atoms with van der Waals surface area (Å²) in [5.41, 5.74) is 0. The van der Waals surface area contributed by atoms with Crippen LogP contribution in [0.15, 0.2) is 0 Å². The van der Waals surface area contributed by atoms with E-state index in [1.807, 2.05) is 0 Å². The topological polar surface area (TPSA) is 58.6 Å². The van der Waals surface area contributed by atoms with Gasteiger partial charge in [0.25, 0.3) is 0 Å². The summed E-state index contributed by atoms with van der Waals surface area (Å²) in [7, 11) is 0. The van der Waals surface area contributed by atoms with E-state index in [0.29, 0.717) is 32.1 Å². The summed E-state index contributed by atoms with van der Waals surface area (Å²) in [5, 5.41) is 11.5. The monoisotopic (exact) mass is 173 g/mol. The summed E-state index contributed by atoms with van der Waals surface area (Å²) in [6.45, 7) is 3.38. The molecule has 70 valence electrons. The van der Waals surface area contributed by atoms with E-state index in [1.54, 1.807) is 6.92 Å². The zero-order chi connectivity index (χ0) is 8.97. The molecule has 1 fully saturated rings. The summed E-state index contributed by atoms with van der Waals surface area (Å²) in [4.78, 5) is 11.1. The summed E-state index contributed by atoms with van der Waals surface area (Å²) in [5.74, 6) is 0.392. The minimum absolute atomic E-state index is 0.00389. The van der Waals surface area contributed by atoms with Crippen LogP contribution in [0.5, 0.6) is 0 Å². The maximum absolute atomic E-state index is 11.1. The molecule has 1 unspecified atom stereocenters. The third-order valence-electron chi connectivity index (χ3n) is 1.78. The number of hydrogen-bond donors (Lipinski definition) is 2. The maximum atomic E-state index is 11.1. The Bertz CT molecular complexity index is 154. The smallest absolute Gasteiger partial charge is 0.220 e. The standard InChI is InChI=1S/C8H15NO3/c1-6(10)3-9-8(11)2-7-4-12-5-7/h6-7,10H,2-5H2,1H3,(H,9,11). The Hall–Kier alpha value is -0.610. The number of hydrogen-bond acceptors (Lipinski definition) is 3. The molecule has 1 aliphatic rings. The Morgan fingerprint density at radius 3 is 2.83 bits per heavy atom. The molecule has 1 atom stereocenters. The zero-order valence-corrected chi connectivity index (χ0v) is 7.25. The van der Waals surface area contributed by atoms with Gasteiger partial charge in [0.05, 0.1) is 19.3 Å². The highest BCUT2D eigenvalue weighted by atomic mass is 16.5. The largest absolute Gasteiger partial charge is 0.392 e. The van der Waals surface area contributed by atoms with Crippen molar-refractivity contribution in [1.82, 2.24) is 5.32 Å². The van der Waals surface area contributed by atoms with Crippen LogP contribution >= 0.6 is 0 Å². The predicted octanol–water partition coefficient (Wildman–Crippen LogP) is -0.480. The molecule has 1 amide bonds. The lowest BCUT2D eigenvalue weighted by molar-refractivity contribution is -0.126. The fourth-order valence-electron chi connectivity index (χ4n) is 0.998. The summed E-state index contributed by atoms with van der Waals surface area (Å²) in [6.07, 6.45) is 0.0544. The Morgan fingerprint density at radius 1 is 1.75 bits per heavy atom. The van der Waals surface area contributed by atoms with Crippen LogP contribution in [0.3, 0.4) is 0 Å². The molecular formula is C8H15NO3. The third-order valence-corrected chi connectivity index (χ3v) is 1.78. The highest BCUT2D eigenvalue weighted by Gasteiger charge is 2.21. The third kappa shape index (κ3) is 3.19. The fourth-order valence-corrected chi connectivity index (χ4v) is 0.998. The van der Waals surface area contributed by atoms with Gasteiger partial charge in [-0.15, -0.1) is 0 Å². The summed E-state index contributed by atoms with van der Waals surface area (Å²) >= 11 is 0. The predicted molar refractivity (Wildman–Crippen MR) is 43.6 cm³/mol. The quantitative estimate of drug-likeness (QED) is 0.603. The van der Waals surface area contributed by atoms with Gasteiger partial charge in [-0.25, -0.2) is 0 Å². The average molecular weight is 173 g/mol. The number of carbonyl (C=O) groups is 1. The normalized spacial score (nSPS) is 19.8. The number of nitrogens with one attached hydrogen (secondary N) is 1. The fraction of sp³-hybridized carbons (Fsp3) is 0.875. The van der Waals surface area contributed by atoms with Gasteiger partial charge < -0.3 is 15.2 Å². The van der Waals surface area contributed by atoms with Gasteiger partial charge in [-0.2, -0.15) is 0 Å². The Balaban J connectivity index is 2.03. The van der Waals surface area contributed by atoms with Crippen LogP contribution in [0.4, 0.5) is 0 Å². The molecule has 4 heteroatoms. The van der Waals surface area contributed by atoms with Gasteiger partial charge in [0.15, 0.2) is 0 Å². The lowest BCUT2D eigenvalue weighted by atomic mass is 10.0. The van der Waals surface area contributed by atoms with Crippen molar-refractivity contribution in [2.45, 2.75) is 19.4 Å². The number of aliphatic hydroxyl groups is 1. The molecule has 1 aliphatic heterocycles. The molecule has 1 saturated heterocycles. The first-order valence-electron chi connectivity index (χ1n) is 4.21. The molecule has 0 aromatic rings. The zero-order valence-electron chi connectivity index (χ0n) is 7.25. The van der Waals surface area contributed by atoms with Crippen molar-refractivity contribution in [2.75, 3.05) is 19.8 Å². The van der Waals surface area contributed by atoms with Crippen LogP contribution in [0.1, 0.15) is 13.3 Å². The van der Waals surface area contributed by atoms with Crippen LogP contribution in [0.2, 0.25) is 0 Å². The number of rotatable bonds is 4. The first kappa shape index (κ1) is 9.48. The molecule has 1 heterocycles. The van der Waals surface area contributed by atoms with E-state index in [9.17, 15) is 4.79 Å². The summed E-state index contributed by atoms with van der Waals surface area (Å²) < 4.78 is 4.93. The molecule has 2 N–H and O–H groups in total. The van der Waals surface area contributed by atoms with Crippen molar-refractivity contribution in [3.8, 4) is 0 Å². The van der Waals surface area contributed by atoms with Gasteiger partial charge in [-0.05, 0) is 6.92 Å². The highest BCUT2D eigenvalue weighted by Crippen LogP contribution is 2.13. The first-order valence-corrected chi connectivity index (χ1v) is 4.21. The lowest BCUT2D eigenvalue weighted by Crippen LogP contribution is -2.36. The molecule has 0 aromatic heterocycles. The van der Waals surface area contributed by atoms with Crippen molar-refractivity contribution in [3.05, 3.63) is 0 Å². The molecule has 0 spiro atoms. The van der Waals surface area contributed by atoms with Gasteiger partial charge in [-0.1, -0.05) is 0 Å². The Labute approximate surface area is 71.9 Å². The van der Waals surface area contributed by atoms with Gasteiger partial charge in [0, 0.05) is 18.9 Å². The molecule has 0 bridgehead atoms. The molecule has 4 nitrogen and oxygen atoms in total. The number of aliphatic hydroxyl groups excluding tert-OH is 1. The van der Waals surface area contributed by atoms with Crippen molar-refractivity contribution >= 4 is 5.91 Å². The van der Waals surface area contributed by atoms with Gasteiger partial charge in [-0.3, -0.25) is 4.79 Å². The molecule has 0 saturated carbocycles. The van der Waals surface area contributed by atoms with Gasteiger partial charge in [0.1, 0.15) is 0 Å². The Kier molecular flexibility index (Phi) is 3.49. The van der Waals surface area contributed by atoms with Crippen molar-refractivity contribution in [3.63, 3.8) is 0 Å². The molecule has 0 aromatic carbocycles. The van der Waals surface area contributed by atoms with E-state index < -0.39 is 6.10 Å². The van der Waals surface area contributed by atoms with Crippen molar-refractivity contribution in [2.24, 2.45) is 5.92 Å². The van der Waals surface area contributed by atoms with E-state index in [-0.39, 0.29) is 5.91 Å². The van der Waals surface area contributed by atoms with Crippen molar-refractivity contribution < 1.29 is 14.6 Å². The van der Waals surface area contributed by atoms with E-state index in [2.05, 4.69) is 5.32 Å². The number of ether oxygens (including phenoxy) is 1. The van der Waals surface area contributed by atoms with Crippen LogP contribution in [-0.2, 0) is 9.53 Å². The van der Waals surface area contributed by atoms with Crippen LogP contribution in [0.25, 0.3) is 0 Å². The minimum Gasteiger partial charge on any atom is -0.392 e. The molecule has 12 heavy (non-hydrogen) atoms. The van der Waals surface area contributed by atoms with Crippen LogP contribution in [-0.4, -0.2) is 36.9 Å². The Morgan fingerprint density at radius 2 is 2.42 bits per heavy atom. The number of amides is 1. The van der Waals surface area contributed by atoms with Crippen molar-refractivity contribution in [1.29, 1.82) is 0 Å². The second kappa shape index (κ2) is 4.42. The highest BCUT2D eigenvalue weighted by molar-refractivity contribution is 5.76. The number of carbonyl (C=O) groups excluding carboxylic acids is 1. The second-order valence-corrected chi connectivity index (χ2v) is 3.26. The minimum atomic E-state index is -0.466. The molecule has 0 radical (unpaired) electrons. The summed E-state index contributed by atoms with van der Waals surface area (Å²) in [6, 6.07) is 0. The van der Waals surface area contributed by atoms with Gasteiger partial charge >= 0.3 is 0 Å². The maximum Gasteiger partial charge on any atom is 0.220 e. The molecule has 1 rings (SSSR count). The van der Waals surface area contributed by atoms with E-state index in [1.165, 1.54) is 0 Å². The van der Waals surface area contributed by atoms with Crippen LogP contribution < -0.4 is 5.32 Å². The average Bonchev–Trinajstić information content (AvgIpc) is 1.93. The molecular weight excluding hydrogens is 158 g/mol. The SMILES string of the molecule is CC(O)CNC(=O)CC1COC1. The van der Waals surface area contributed by atoms with Gasteiger partial charge in [0.2, 0.25) is 5.91 Å². The van der Waals surface area contributed by atoms with E-state index in [0.717, 1.165) is 0 Å².